The Kier molecular flexibility index (Phi) is 7.02. The first-order valence-corrected chi connectivity index (χ1v) is 12.3. The van der Waals surface area contributed by atoms with Crippen LogP contribution in [0.1, 0.15) is 40.0 Å². The average Bonchev–Trinajstić information content (AvgIpc) is 3.35. The van der Waals surface area contributed by atoms with Crippen LogP contribution in [0.5, 0.6) is 0 Å². The van der Waals surface area contributed by atoms with Gasteiger partial charge in [-0.2, -0.15) is 0 Å². The van der Waals surface area contributed by atoms with Crippen molar-refractivity contribution >= 4 is 22.5 Å². The van der Waals surface area contributed by atoms with Crippen LogP contribution in [0.25, 0.3) is 22.0 Å². The second-order valence-corrected chi connectivity index (χ2v) is 9.27. The van der Waals surface area contributed by atoms with Crippen LogP contribution in [0.3, 0.4) is 0 Å². The van der Waals surface area contributed by atoms with E-state index in [1.54, 1.807) is 12.1 Å². The van der Waals surface area contributed by atoms with Gasteiger partial charge in [-0.25, -0.2) is 0 Å². The maximum atomic E-state index is 12.9. The highest BCUT2D eigenvalue weighted by Crippen LogP contribution is 2.25. The Hall–Kier alpha value is -4.75. The molecule has 0 unspecified atom stereocenters. The number of nitrogens with one attached hydrogen (secondary N) is 1. The van der Waals surface area contributed by atoms with E-state index in [4.69, 9.17) is 0 Å². The smallest absolute Gasteiger partial charge is 0.269 e. The van der Waals surface area contributed by atoms with Gasteiger partial charge in [-0.05, 0) is 59.0 Å². The number of carbonyl (C=O) groups is 1. The van der Waals surface area contributed by atoms with E-state index in [0.717, 1.165) is 38.7 Å². The Morgan fingerprint density at radius 3 is 2.42 bits per heavy atom. The number of rotatable bonds is 8. The number of nitro benzene ring substituents is 1. The van der Waals surface area contributed by atoms with Crippen LogP contribution < -0.4 is 5.32 Å². The highest BCUT2D eigenvalue weighted by atomic mass is 16.6. The lowest BCUT2D eigenvalue weighted by Gasteiger charge is -2.14. The lowest BCUT2D eigenvalue weighted by molar-refractivity contribution is -0.384. The maximum Gasteiger partial charge on any atom is 0.269 e. The van der Waals surface area contributed by atoms with Gasteiger partial charge in [-0.3, -0.25) is 14.9 Å². The van der Waals surface area contributed by atoms with Crippen molar-refractivity contribution in [2.45, 2.75) is 26.1 Å². The van der Waals surface area contributed by atoms with Crippen molar-refractivity contribution in [1.82, 2.24) is 9.88 Å². The van der Waals surface area contributed by atoms with E-state index in [9.17, 15) is 20.0 Å². The van der Waals surface area contributed by atoms with E-state index >= 15 is 0 Å². The van der Waals surface area contributed by atoms with Gasteiger partial charge in [0.05, 0.1) is 17.6 Å². The first kappa shape index (κ1) is 24.9. The van der Waals surface area contributed by atoms with Crippen LogP contribution in [0, 0.1) is 10.1 Å². The standard InChI is InChI=1S/C31H27N3O4/c1-21(23-10-13-28(14-11-23)34(37)38)32-31(36)26-12-15-30-25(18-26)16-17-33(30)19-22-6-8-24(9-7-22)29-5-3-2-4-27(29)20-35/h2-18,21,35H,19-20H2,1H3,(H,32,36)/t21-/m0/s1. The van der Waals surface area contributed by atoms with Gasteiger partial charge < -0.3 is 15.0 Å². The Labute approximate surface area is 220 Å². The molecule has 0 spiro atoms. The number of hydrogen-bond donors (Lipinski definition) is 2. The van der Waals surface area contributed by atoms with Gasteiger partial charge in [0.1, 0.15) is 0 Å². The molecular weight excluding hydrogens is 478 g/mol. The molecule has 0 saturated heterocycles. The lowest BCUT2D eigenvalue weighted by Crippen LogP contribution is -2.26. The monoisotopic (exact) mass is 505 g/mol. The Morgan fingerprint density at radius 1 is 0.974 bits per heavy atom. The molecule has 0 fully saturated rings. The second-order valence-electron chi connectivity index (χ2n) is 9.27. The normalized spacial score (nSPS) is 11.8. The molecule has 5 rings (SSSR count). The summed E-state index contributed by atoms with van der Waals surface area (Å²) >= 11 is 0. The molecule has 5 aromatic rings. The predicted octanol–water partition coefficient (Wildman–Crippen LogP) is 6.25. The molecule has 2 N–H and O–H groups in total. The number of non-ortho nitro benzene ring substituents is 1. The van der Waals surface area contributed by atoms with Crippen molar-refractivity contribution in [3.8, 4) is 11.1 Å². The van der Waals surface area contributed by atoms with Crippen molar-refractivity contribution in [3.05, 3.63) is 136 Å². The predicted molar refractivity (Wildman–Crippen MR) is 148 cm³/mol. The van der Waals surface area contributed by atoms with E-state index in [0.29, 0.717) is 12.1 Å². The molecule has 1 aromatic heterocycles. The first-order chi connectivity index (χ1) is 18.4. The van der Waals surface area contributed by atoms with Gasteiger partial charge in [-0.1, -0.05) is 60.7 Å². The summed E-state index contributed by atoms with van der Waals surface area (Å²) in [5, 5.41) is 24.4. The molecule has 0 aliphatic heterocycles. The highest BCUT2D eigenvalue weighted by molar-refractivity contribution is 5.98. The van der Waals surface area contributed by atoms with Crippen molar-refractivity contribution in [2.24, 2.45) is 0 Å². The van der Waals surface area contributed by atoms with Crippen LogP contribution in [-0.4, -0.2) is 20.5 Å². The minimum atomic E-state index is -0.443. The minimum Gasteiger partial charge on any atom is -0.392 e. The molecule has 7 heteroatoms. The molecule has 38 heavy (non-hydrogen) atoms. The number of hydrogen-bond acceptors (Lipinski definition) is 4. The zero-order valence-electron chi connectivity index (χ0n) is 20.9. The number of aliphatic hydroxyl groups is 1. The number of aromatic nitrogens is 1. The van der Waals surface area contributed by atoms with Crippen molar-refractivity contribution < 1.29 is 14.8 Å². The zero-order valence-corrected chi connectivity index (χ0v) is 20.9. The summed E-state index contributed by atoms with van der Waals surface area (Å²) in [6, 6.07) is 29.7. The molecule has 1 atom stereocenters. The second kappa shape index (κ2) is 10.7. The van der Waals surface area contributed by atoms with Crippen molar-refractivity contribution in [1.29, 1.82) is 0 Å². The number of nitro groups is 1. The molecule has 0 aliphatic carbocycles. The van der Waals surface area contributed by atoms with Crippen molar-refractivity contribution in [2.75, 3.05) is 0 Å². The summed E-state index contributed by atoms with van der Waals surface area (Å²) in [4.78, 5) is 23.3. The molecule has 4 aromatic carbocycles. The van der Waals surface area contributed by atoms with E-state index < -0.39 is 4.92 Å². The summed E-state index contributed by atoms with van der Waals surface area (Å²) in [6.07, 6.45) is 2.01. The minimum absolute atomic E-state index is 0.00322. The molecular formula is C31H27N3O4. The Morgan fingerprint density at radius 2 is 1.71 bits per heavy atom. The molecule has 1 amide bonds. The van der Waals surface area contributed by atoms with E-state index in [-0.39, 0.29) is 24.2 Å². The van der Waals surface area contributed by atoms with Crippen molar-refractivity contribution in [3.63, 3.8) is 0 Å². The van der Waals surface area contributed by atoms with Crippen LogP contribution in [0.4, 0.5) is 5.69 Å². The number of amides is 1. The lowest BCUT2D eigenvalue weighted by atomic mass is 9.99. The van der Waals surface area contributed by atoms with Crippen LogP contribution >= 0.6 is 0 Å². The quantitative estimate of drug-likeness (QED) is 0.192. The third-order valence-electron chi connectivity index (χ3n) is 6.79. The SMILES string of the molecule is C[C@H](NC(=O)c1ccc2c(ccn2Cc2ccc(-c3ccccc3CO)cc2)c1)c1ccc([N+](=O)[O-])cc1. The van der Waals surface area contributed by atoms with Crippen LogP contribution in [-0.2, 0) is 13.2 Å². The molecule has 0 aliphatic rings. The number of aliphatic hydroxyl groups excluding tert-OH is 1. The van der Waals surface area contributed by atoms with Gasteiger partial charge in [-0.15, -0.1) is 0 Å². The molecule has 0 saturated carbocycles. The van der Waals surface area contributed by atoms with Crippen LogP contribution in [0.2, 0.25) is 0 Å². The molecule has 0 bridgehead atoms. The van der Waals surface area contributed by atoms with Crippen LogP contribution in [0.15, 0.2) is 103 Å². The fraction of sp³-hybridized carbons (Fsp3) is 0.129. The van der Waals surface area contributed by atoms with E-state index in [1.165, 1.54) is 12.1 Å². The third-order valence-corrected chi connectivity index (χ3v) is 6.79. The maximum absolute atomic E-state index is 12.9. The number of nitrogens with zero attached hydrogens (tertiary/aromatic N) is 2. The fourth-order valence-electron chi connectivity index (χ4n) is 4.65. The zero-order chi connectivity index (χ0) is 26.6. The summed E-state index contributed by atoms with van der Waals surface area (Å²) < 4.78 is 2.15. The molecule has 190 valence electrons. The number of fused-ring (bicyclic) bond motifs is 1. The van der Waals surface area contributed by atoms with Gasteiger partial charge >= 0.3 is 0 Å². The summed E-state index contributed by atoms with van der Waals surface area (Å²) in [6.45, 7) is 2.54. The third kappa shape index (κ3) is 5.19. The summed E-state index contributed by atoms with van der Waals surface area (Å²) in [7, 11) is 0. The topological polar surface area (TPSA) is 97.4 Å². The Bertz CT molecular complexity index is 1610. The Balaban J connectivity index is 1.28. The number of carbonyl (C=O) groups excluding carboxylic acids is 1. The summed E-state index contributed by atoms with van der Waals surface area (Å²) in [5.41, 5.74) is 6.53. The average molecular weight is 506 g/mol. The molecule has 7 nitrogen and oxygen atoms in total. The van der Waals surface area contributed by atoms with E-state index in [1.807, 2.05) is 61.7 Å². The largest absolute Gasteiger partial charge is 0.392 e. The first-order valence-electron chi connectivity index (χ1n) is 12.3. The van der Waals surface area contributed by atoms with Gasteiger partial charge in [0.15, 0.2) is 0 Å². The highest BCUT2D eigenvalue weighted by Gasteiger charge is 2.14. The molecule has 1 heterocycles. The van der Waals surface area contributed by atoms with Gasteiger partial charge in [0.25, 0.3) is 11.6 Å². The molecule has 0 radical (unpaired) electrons. The van der Waals surface area contributed by atoms with E-state index in [2.05, 4.69) is 34.1 Å². The summed E-state index contributed by atoms with van der Waals surface area (Å²) in [5.74, 6) is -0.204. The number of benzene rings is 4. The fourth-order valence-corrected chi connectivity index (χ4v) is 4.65. The van der Waals surface area contributed by atoms with Gasteiger partial charge in [0.2, 0.25) is 0 Å². The van der Waals surface area contributed by atoms with Gasteiger partial charge in [0, 0.05) is 41.3 Å².